The van der Waals surface area contributed by atoms with Crippen LogP contribution >= 0.6 is 0 Å². The Labute approximate surface area is 192 Å². The van der Waals surface area contributed by atoms with E-state index in [1.807, 2.05) is 29.7 Å². The molecule has 8 nitrogen and oxygen atoms in total. The second kappa shape index (κ2) is 8.68. The minimum atomic E-state index is -0.253. The zero-order chi connectivity index (χ0) is 23.0. The molecule has 0 radical (unpaired) electrons. The molecule has 0 spiro atoms. The van der Waals surface area contributed by atoms with Crippen LogP contribution in [-0.2, 0) is 28.0 Å². The second-order valence-corrected chi connectivity index (χ2v) is 9.09. The van der Waals surface area contributed by atoms with Gasteiger partial charge in [0.15, 0.2) is 6.61 Å². The van der Waals surface area contributed by atoms with Crippen molar-refractivity contribution in [3.63, 3.8) is 0 Å². The fraction of sp³-hybridized carbons (Fsp3) is 0.440. The fourth-order valence-electron chi connectivity index (χ4n) is 4.53. The van der Waals surface area contributed by atoms with E-state index in [1.165, 1.54) is 6.26 Å². The quantitative estimate of drug-likeness (QED) is 0.566. The summed E-state index contributed by atoms with van der Waals surface area (Å²) in [5, 5.41) is 0. The number of hydrogen-bond donors (Lipinski definition) is 0. The Morgan fingerprint density at radius 3 is 2.85 bits per heavy atom. The Balaban J connectivity index is 1.47. The van der Waals surface area contributed by atoms with Crippen molar-refractivity contribution in [2.24, 2.45) is 0 Å². The van der Waals surface area contributed by atoms with E-state index in [-0.39, 0.29) is 23.7 Å². The molecule has 1 fully saturated rings. The number of oxazole rings is 1. The maximum absolute atomic E-state index is 13.1. The average molecular weight is 453 g/mol. The van der Waals surface area contributed by atoms with Gasteiger partial charge in [0, 0.05) is 29.2 Å². The minimum absolute atomic E-state index is 0.0747. The Kier molecular flexibility index (Phi) is 5.72. The largest absolute Gasteiger partial charge is 0.490 e. The fourth-order valence-corrected chi connectivity index (χ4v) is 4.53. The van der Waals surface area contributed by atoms with Gasteiger partial charge in [0.2, 0.25) is 5.89 Å². The normalized spacial score (nSPS) is 18.9. The zero-order valence-electron chi connectivity index (χ0n) is 19.1. The van der Waals surface area contributed by atoms with E-state index in [1.54, 1.807) is 12.3 Å². The highest BCUT2D eigenvalue weighted by atomic mass is 16.6. The molecule has 1 saturated heterocycles. The lowest BCUT2D eigenvalue weighted by Crippen LogP contribution is -2.37. The van der Waals surface area contributed by atoms with Gasteiger partial charge in [-0.05, 0) is 30.7 Å². The first-order chi connectivity index (χ1) is 15.9. The molecule has 0 bridgehead atoms. The number of fused-ring (bicyclic) bond motifs is 3. The first kappa shape index (κ1) is 21.7. The first-order valence-corrected chi connectivity index (χ1v) is 11.1. The van der Waals surface area contributed by atoms with E-state index < -0.39 is 0 Å². The Hall–Kier alpha value is -3.10. The zero-order valence-corrected chi connectivity index (χ0v) is 19.1. The van der Waals surface area contributed by atoms with Gasteiger partial charge < -0.3 is 27.9 Å². The number of ether oxygens (including phenoxy) is 4. The molecule has 2 aliphatic heterocycles. The maximum Gasteiger partial charge on any atom is 0.254 e. The molecule has 0 aliphatic carbocycles. The minimum Gasteiger partial charge on any atom is -0.490 e. The summed E-state index contributed by atoms with van der Waals surface area (Å²) in [5.74, 6) is 1.83. The third-order valence-corrected chi connectivity index (χ3v) is 6.20. The van der Waals surface area contributed by atoms with Crippen LogP contribution in [-0.4, -0.2) is 42.1 Å². The molecule has 0 amide bonds. The summed E-state index contributed by atoms with van der Waals surface area (Å²) in [6, 6.07) is 7.56. The van der Waals surface area contributed by atoms with Crippen LogP contribution in [0.25, 0.3) is 11.3 Å². The molecule has 0 saturated carbocycles. The van der Waals surface area contributed by atoms with Gasteiger partial charge in [-0.15, -0.1) is 0 Å². The first-order valence-electron chi connectivity index (χ1n) is 11.1. The Bertz CT molecular complexity index is 1190. The molecule has 5 rings (SSSR count). The highest BCUT2D eigenvalue weighted by molar-refractivity contribution is 5.73. The molecule has 4 heterocycles. The third-order valence-electron chi connectivity index (χ3n) is 6.20. The number of hydrogen-bond acceptors (Lipinski definition) is 7. The maximum atomic E-state index is 13.1. The van der Waals surface area contributed by atoms with Gasteiger partial charge in [-0.25, -0.2) is 4.98 Å². The van der Waals surface area contributed by atoms with E-state index in [9.17, 15) is 4.79 Å². The van der Waals surface area contributed by atoms with Crippen molar-refractivity contribution in [1.29, 1.82) is 0 Å². The van der Waals surface area contributed by atoms with Crippen LogP contribution in [0.4, 0.5) is 0 Å². The van der Waals surface area contributed by atoms with Crippen molar-refractivity contribution in [3.05, 3.63) is 64.1 Å². The van der Waals surface area contributed by atoms with Gasteiger partial charge in [0.05, 0.1) is 31.7 Å². The summed E-state index contributed by atoms with van der Waals surface area (Å²) in [4.78, 5) is 17.2. The molecule has 8 heteroatoms. The van der Waals surface area contributed by atoms with Gasteiger partial charge in [-0.1, -0.05) is 13.8 Å². The highest BCUT2D eigenvalue weighted by Gasteiger charge is 2.34. The number of pyridine rings is 1. The topological polar surface area (TPSA) is 85.0 Å². The van der Waals surface area contributed by atoms with Gasteiger partial charge in [0.25, 0.3) is 5.56 Å². The molecular weight excluding hydrogens is 424 g/mol. The van der Waals surface area contributed by atoms with Crippen LogP contribution in [0.1, 0.15) is 30.9 Å². The standard InChI is InChI=1S/C25H28N2O6/c1-16-21(33-13-18-12-29-8-9-30-18)11-23(28)27-15-25(2,3)20-10-17(4-5-19(20)24(16)27)32-14-22-26-6-7-31-22/h4-7,10-11,18H,8-9,12-15H2,1-3H3/t18-/m0/s1. The van der Waals surface area contributed by atoms with E-state index >= 15 is 0 Å². The molecule has 0 unspecified atom stereocenters. The Morgan fingerprint density at radius 2 is 2.09 bits per heavy atom. The monoisotopic (exact) mass is 452 g/mol. The van der Waals surface area contributed by atoms with Crippen molar-refractivity contribution in [1.82, 2.24) is 9.55 Å². The summed E-state index contributed by atoms with van der Waals surface area (Å²) in [5.41, 5.74) is 3.61. The molecule has 3 aromatic rings. The lowest BCUT2D eigenvalue weighted by Gasteiger charge is -2.36. The number of nitrogens with zero attached hydrogens (tertiary/aromatic N) is 2. The van der Waals surface area contributed by atoms with E-state index in [2.05, 4.69) is 18.8 Å². The van der Waals surface area contributed by atoms with Crippen LogP contribution < -0.4 is 15.0 Å². The van der Waals surface area contributed by atoms with Gasteiger partial charge in [-0.3, -0.25) is 4.79 Å². The summed E-state index contributed by atoms with van der Waals surface area (Å²) < 4.78 is 30.2. The van der Waals surface area contributed by atoms with E-state index in [0.717, 1.165) is 28.1 Å². The van der Waals surface area contributed by atoms with Gasteiger partial charge >= 0.3 is 0 Å². The van der Waals surface area contributed by atoms with Crippen molar-refractivity contribution in [2.75, 3.05) is 26.4 Å². The van der Waals surface area contributed by atoms with Crippen LogP contribution in [0.3, 0.4) is 0 Å². The Morgan fingerprint density at radius 1 is 1.21 bits per heavy atom. The number of rotatable bonds is 6. The van der Waals surface area contributed by atoms with Crippen LogP contribution in [0, 0.1) is 6.92 Å². The van der Waals surface area contributed by atoms with Crippen molar-refractivity contribution in [3.8, 4) is 22.8 Å². The molecule has 1 atom stereocenters. The van der Waals surface area contributed by atoms with Crippen LogP contribution in [0.2, 0.25) is 0 Å². The van der Waals surface area contributed by atoms with E-state index in [4.69, 9.17) is 23.4 Å². The molecular formula is C25H28N2O6. The predicted molar refractivity (Wildman–Crippen MR) is 121 cm³/mol. The molecule has 1 aromatic carbocycles. The van der Waals surface area contributed by atoms with Crippen LogP contribution in [0.15, 0.2) is 45.9 Å². The predicted octanol–water partition coefficient (Wildman–Crippen LogP) is 3.48. The molecule has 0 N–H and O–H groups in total. The second-order valence-electron chi connectivity index (χ2n) is 9.09. The van der Waals surface area contributed by atoms with Gasteiger partial charge in [-0.2, -0.15) is 0 Å². The van der Waals surface area contributed by atoms with Crippen molar-refractivity contribution in [2.45, 2.75) is 45.4 Å². The third kappa shape index (κ3) is 4.28. The molecule has 2 aromatic heterocycles. The molecule has 33 heavy (non-hydrogen) atoms. The molecule has 174 valence electrons. The molecule has 2 aliphatic rings. The number of benzene rings is 1. The highest BCUT2D eigenvalue weighted by Crippen LogP contribution is 2.43. The SMILES string of the molecule is Cc1c(OC[C@@H]2COCCO2)cc(=O)n2c1-c1ccc(OCc3ncco3)cc1C(C)(C)C2. The summed E-state index contributed by atoms with van der Waals surface area (Å²) in [6.07, 6.45) is 2.99. The summed E-state index contributed by atoms with van der Waals surface area (Å²) in [7, 11) is 0. The van der Waals surface area contributed by atoms with E-state index in [0.29, 0.717) is 44.6 Å². The van der Waals surface area contributed by atoms with Crippen molar-refractivity contribution < 1.29 is 23.4 Å². The lowest BCUT2D eigenvalue weighted by molar-refractivity contribution is -0.101. The summed E-state index contributed by atoms with van der Waals surface area (Å²) in [6.45, 7) is 9.09. The summed E-state index contributed by atoms with van der Waals surface area (Å²) >= 11 is 0. The van der Waals surface area contributed by atoms with Crippen LogP contribution in [0.5, 0.6) is 11.5 Å². The van der Waals surface area contributed by atoms with Crippen molar-refractivity contribution >= 4 is 0 Å². The van der Waals surface area contributed by atoms with Gasteiger partial charge in [0.1, 0.15) is 30.5 Å². The average Bonchev–Trinajstić information content (AvgIpc) is 3.33. The number of aromatic nitrogens is 2. The lowest BCUT2D eigenvalue weighted by atomic mass is 9.77. The smallest absolute Gasteiger partial charge is 0.254 e.